The van der Waals surface area contributed by atoms with E-state index in [0.29, 0.717) is 24.8 Å². The third-order valence-corrected chi connectivity index (χ3v) is 4.41. The quantitative estimate of drug-likeness (QED) is 0.408. The Kier molecular flexibility index (Phi) is 11.1. The second-order valence-corrected chi connectivity index (χ2v) is 6.68. The van der Waals surface area contributed by atoms with Crippen molar-refractivity contribution in [3.05, 3.63) is 23.9 Å². The predicted octanol–water partition coefficient (Wildman–Crippen LogP) is 2.39. The number of carbonyl (C=O) groups is 1. The summed E-state index contributed by atoms with van der Waals surface area (Å²) in [5, 5.41) is 9.39. The van der Waals surface area contributed by atoms with Gasteiger partial charge >= 0.3 is 0 Å². The van der Waals surface area contributed by atoms with Gasteiger partial charge in [-0.25, -0.2) is 4.98 Å². The average molecular weight is 377 g/mol. The first-order chi connectivity index (χ1) is 13.0. The van der Waals surface area contributed by atoms with E-state index in [1.807, 2.05) is 19.1 Å². The zero-order chi connectivity index (χ0) is 20.1. The lowest BCUT2D eigenvalue weighted by Crippen LogP contribution is -2.43. The highest BCUT2D eigenvalue weighted by Gasteiger charge is 2.08. The van der Waals surface area contributed by atoms with E-state index >= 15 is 0 Å². The molecule has 3 N–H and O–H groups in total. The minimum absolute atomic E-state index is 0.0664. The number of anilines is 1. The summed E-state index contributed by atoms with van der Waals surface area (Å²) < 4.78 is 0. The maximum absolute atomic E-state index is 12.0. The van der Waals surface area contributed by atoms with Crippen LogP contribution in [0.25, 0.3) is 0 Å². The van der Waals surface area contributed by atoms with Gasteiger partial charge < -0.3 is 20.9 Å². The molecule has 0 aliphatic rings. The van der Waals surface area contributed by atoms with Crippen molar-refractivity contribution in [2.75, 3.05) is 38.5 Å². The smallest absolute Gasteiger partial charge is 0.227 e. The molecule has 0 saturated carbocycles. The normalized spacial score (nSPS) is 12.7. The van der Waals surface area contributed by atoms with Gasteiger partial charge in [0.15, 0.2) is 5.96 Å². The largest absolute Gasteiger partial charge is 0.356 e. The van der Waals surface area contributed by atoms with Crippen LogP contribution >= 0.6 is 0 Å². The highest BCUT2D eigenvalue weighted by molar-refractivity contribution is 5.90. The maximum atomic E-state index is 12.0. The highest BCUT2D eigenvalue weighted by atomic mass is 16.1. The van der Waals surface area contributed by atoms with Crippen LogP contribution in [0.3, 0.4) is 0 Å². The topological polar surface area (TPSA) is 81.6 Å². The van der Waals surface area contributed by atoms with Crippen molar-refractivity contribution >= 4 is 17.7 Å². The molecule has 152 valence electrons. The van der Waals surface area contributed by atoms with Crippen LogP contribution in [0.5, 0.6) is 0 Å². The number of aryl methyl sites for hydroxylation is 1. The molecule has 1 rings (SSSR count). The number of nitrogens with one attached hydrogen (secondary N) is 3. The molecule has 1 amide bonds. The van der Waals surface area contributed by atoms with E-state index in [0.717, 1.165) is 44.1 Å². The molecule has 1 heterocycles. The molecule has 0 aliphatic carbocycles. The van der Waals surface area contributed by atoms with Crippen LogP contribution in [0.15, 0.2) is 23.2 Å². The Hall–Kier alpha value is -2.15. The molecule has 0 radical (unpaired) electrons. The fourth-order valence-electron chi connectivity index (χ4n) is 2.77. The second-order valence-electron chi connectivity index (χ2n) is 6.68. The minimum atomic E-state index is -0.0664. The molecule has 1 aromatic rings. The van der Waals surface area contributed by atoms with E-state index in [-0.39, 0.29) is 5.91 Å². The van der Waals surface area contributed by atoms with E-state index in [2.05, 4.69) is 51.6 Å². The lowest BCUT2D eigenvalue weighted by Gasteiger charge is -2.21. The summed E-state index contributed by atoms with van der Waals surface area (Å²) in [6.07, 6.45) is 2.59. The van der Waals surface area contributed by atoms with Gasteiger partial charge in [-0.05, 0) is 58.5 Å². The molecule has 7 nitrogen and oxygen atoms in total. The average Bonchev–Trinajstić information content (AvgIpc) is 2.64. The lowest BCUT2D eigenvalue weighted by molar-refractivity contribution is -0.116. The molecule has 0 aliphatic heterocycles. The first-order valence-corrected chi connectivity index (χ1v) is 9.91. The summed E-state index contributed by atoms with van der Waals surface area (Å²) in [4.78, 5) is 23.0. The van der Waals surface area contributed by atoms with E-state index in [9.17, 15) is 4.79 Å². The molecule has 0 fully saturated rings. The van der Waals surface area contributed by atoms with Crippen molar-refractivity contribution in [3.8, 4) is 0 Å². The van der Waals surface area contributed by atoms with Gasteiger partial charge in [0.2, 0.25) is 5.91 Å². The van der Waals surface area contributed by atoms with Gasteiger partial charge in [-0.2, -0.15) is 0 Å². The van der Waals surface area contributed by atoms with Crippen molar-refractivity contribution in [2.45, 2.75) is 53.0 Å². The molecular weight excluding hydrogens is 340 g/mol. The third kappa shape index (κ3) is 9.94. The van der Waals surface area contributed by atoms with Crippen molar-refractivity contribution in [3.63, 3.8) is 0 Å². The number of pyridine rings is 1. The number of hydrogen-bond donors (Lipinski definition) is 3. The molecule has 0 saturated heterocycles. The van der Waals surface area contributed by atoms with Crippen molar-refractivity contribution in [1.82, 2.24) is 20.5 Å². The number of aromatic nitrogens is 1. The van der Waals surface area contributed by atoms with Crippen LogP contribution < -0.4 is 16.0 Å². The van der Waals surface area contributed by atoms with Gasteiger partial charge in [0.05, 0.1) is 0 Å². The van der Waals surface area contributed by atoms with Crippen LogP contribution in [0.1, 0.15) is 45.7 Å². The molecule has 1 aromatic heterocycles. The maximum Gasteiger partial charge on any atom is 0.227 e. The van der Waals surface area contributed by atoms with Crippen LogP contribution in [-0.2, 0) is 4.79 Å². The van der Waals surface area contributed by atoms with E-state index in [1.165, 1.54) is 0 Å². The van der Waals surface area contributed by atoms with Gasteiger partial charge in [-0.1, -0.05) is 19.9 Å². The first-order valence-electron chi connectivity index (χ1n) is 9.91. The minimum Gasteiger partial charge on any atom is -0.356 e. The molecule has 1 unspecified atom stereocenters. The molecule has 0 aromatic carbocycles. The fraction of sp³-hybridized carbons (Fsp3) is 0.650. The summed E-state index contributed by atoms with van der Waals surface area (Å²) in [5.74, 6) is 1.25. The van der Waals surface area contributed by atoms with E-state index in [4.69, 9.17) is 0 Å². The van der Waals surface area contributed by atoms with Crippen molar-refractivity contribution in [1.29, 1.82) is 0 Å². The van der Waals surface area contributed by atoms with Gasteiger partial charge in [-0.15, -0.1) is 0 Å². The van der Waals surface area contributed by atoms with Gasteiger partial charge in [0.25, 0.3) is 0 Å². The number of rotatable bonds is 11. The SMILES string of the molecule is CCN(CC)CCCC(C)NC(=NC)NCCC(=O)Nc1cccc(C)n1. The summed E-state index contributed by atoms with van der Waals surface area (Å²) in [7, 11) is 1.74. The molecule has 1 atom stereocenters. The van der Waals surface area contributed by atoms with Crippen molar-refractivity contribution < 1.29 is 4.79 Å². The fourth-order valence-corrected chi connectivity index (χ4v) is 2.77. The summed E-state index contributed by atoms with van der Waals surface area (Å²) in [5.41, 5.74) is 0.880. The van der Waals surface area contributed by atoms with Crippen LogP contribution in [0, 0.1) is 6.92 Å². The summed E-state index contributed by atoms with van der Waals surface area (Å²) >= 11 is 0. The van der Waals surface area contributed by atoms with E-state index < -0.39 is 0 Å². The molecule has 0 spiro atoms. The molecular formula is C20H36N6O. The Labute approximate surface area is 164 Å². The number of nitrogens with zero attached hydrogens (tertiary/aromatic N) is 3. The highest BCUT2D eigenvalue weighted by Crippen LogP contribution is 2.04. The second kappa shape index (κ2) is 13.1. The first kappa shape index (κ1) is 22.9. The number of carbonyl (C=O) groups excluding carboxylic acids is 1. The zero-order valence-electron chi connectivity index (χ0n) is 17.5. The molecule has 27 heavy (non-hydrogen) atoms. The Morgan fingerprint density at radius 3 is 2.67 bits per heavy atom. The number of hydrogen-bond acceptors (Lipinski definition) is 4. The standard InChI is InChI=1S/C20H36N6O/c1-6-26(7-2)15-9-11-17(4)24-20(21-5)22-14-13-19(27)25-18-12-8-10-16(3)23-18/h8,10,12,17H,6-7,9,11,13-15H2,1-5H3,(H2,21,22,24)(H,23,25,27). The molecule has 0 bridgehead atoms. The molecule has 7 heteroatoms. The Morgan fingerprint density at radius 2 is 2.04 bits per heavy atom. The Bertz CT molecular complexity index is 586. The monoisotopic (exact) mass is 376 g/mol. The lowest BCUT2D eigenvalue weighted by atomic mass is 10.2. The Balaban J connectivity index is 2.26. The van der Waals surface area contributed by atoms with Crippen LogP contribution in [0.4, 0.5) is 5.82 Å². The summed E-state index contributed by atoms with van der Waals surface area (Å²) in [6, 6.07) is 5.90. The van der Waals surface area contributed by atoms with Crippen LogP contribution in [-0.4, -0.2) is 61.0 Å². The predicted molar refractivity (Wildman–Crippen MR) is 113 cm³/mol. The van der Waals surface area contributed by atoms with Gasteiger partial charge in [-0.3, -0.25) is 9.79 Å². The number of aliphatic imine (C=N–C) groups is 1. The zero-order valence-corrected chi connectivity index (χ0v) is 17.5. The van der Waals surface area contributed by atoms with Gasteiger partial charge in [0, 0.05) is 31.7 Å². The van der Waals surface area contributed by atoms with Crippen LogP contribution in [0.2, 0.25) is 0 Å². The summed E-state index contributed by atoms with van der Waals surface area (Å²) in [6.45, 7) is 12.3. The van der Waals surface area contributed by atoms with Gasteiger partial charge in [0.1, 0.15) is 5.82 Å². The van der Waals surface area contributed by atoms with Crippen molar-refractivity contribution in [2.24, 2.45) is 4.99 Å². The number of guanidine groups is 1. The third-order valence-electron chi connectivity index (χ3n) is 4.41. The Morgan fingerprint density at radius 1 is 1.30 bits per heavy atom. The van der Waals surface area contributed by atoms with E-state index in [1.54, 1.807) is 13.1 Å². The number of amides is 1.